The summed E-state index contributed by atoms with van der Waals surface area (Å²) in [6.07, 6.45) is -0.723. The topological polar surface area (TPSA) is 64.3 Å². The first-order valence-electron chi connectivity index (χ1n) is 6.66. The van der Waals surface area contributed by atoms with Crippen LogP contribution in [0, 0.1) is 6.92 Å². The van der Waals surface area contributed by atoms with Crippen molar-refractivity contribution in [2.75, 3.05) is 11.1 Å². The van der Waals surface area contributed by atoms with Crippen molar-refractivity contribution in [2.24, 2.45) is 0 Å². The largest absolute Gasteiger partial charge is 0.479 e. The van der Waals surface area contributed by atoms with E-state index in [1.54, 1.807) is 43.3 Å². The third-order valence-electron chi connectivity index (χ3n) is 3.20. The predicted molar refractivity (Wildman–Crippen MR) is 90.8 cm³/mol. The summed E-state index contributed by atoms with van der Waals surface area (Å²) in [4.78, 5) is 12.2. The summed E-state index contributed by atoms with van der Waals surface area (Å²) < 4.78 is 5.57. The lowest BCUT2D eigenvalue weighted by molar-refractivity contribution is -0.122. The van der Waals surface area contributed by atoms with Gasteiger partial charge < -0.3 is 15.8 Å². The molecule has 0 saturated carbocycles. The Kier molecular flexibility index (Phi) is 5.16. The van der Waals surface area contributed by atoms with Crippen molar-refractivity contribution in [3.63, 3.8) is 0 Å². The molecule has 2 rings (SSSR count). The van der Waals surface area contributed by atoms with Crippen LogP contribution in [0.5, 0.6) is 5.75 Å². The van der Waals surface area contributed by atoms with Crippen molar-refractivity contribution in [1.82, 2.24) is 0 Å². The van der Waals surface area contributed by atoms with Gasteiger partial charge in [-0.05, 0) is 49.7 Å². The van der Waals surface area contributed by atoms with Gasteiger partial charge in [-0.15, -0.1) is 0 Å². The van der Waals surface area contributed by atoms with Crippen LogP contribution in [0.4, 0.5) is 11.4 Å². The predicted octanol–water partition coefficient (Wildman–Crippen LogP) is 4.29. The van der Waals surface area contributed by atoms with E-state index >= 15 is 0 Å². The zero-order valence-corrected chi connectivity index (χ0v) is 13.7. The Morgan fingerprint density at radius 2 is 2.00 bits per heavy atom. The van der Waals surface area contributed by atoms with Crippen LogP contribution in [0.15, 0.2) is 36.4 Å². The molecule has 2 aromatic carbocycles. The third kappa shape index (κ3) is 3.84. The van der Waals surface area contributed by atoms with Crippen LogP contribution in [0.1, 0.15) is 12.5 Å². The number of amides is 1. The molecule has 0 aromatic heterocycles. The first-order valence-corrected chi connectivity index (χ1v) is 7.41. The Bertz CT molecular complexity index is 705. The Morgan fingerprint density at radius 1 is 1.27 bits per heavy atom. The summed E-state index contributed by atoms with van der Waals surface area (Å²) in [7, 11) is 0. The normalized spacial score (nSPS) is 11.8. The average molecular weight is 339 g/mol. The van der Waals surface area contributed by atoms with Gasteiger partial charge in [0.25, 0.3) is 5.91 Å². The van der Waals surface area contributed by atoms with E-state index in [1.165, 1.54) is 0 Å². The minimum atomic E-state index is -0.723. The maximum Gasteiger partial charge on any atom is 0.265 e. The molecule has 0 bridgehead atoms. The van der Waals surface area contributed by atoms with Gasteiger partial charge in [0.1, 0.15) is 5.75 Å². The number of ether oxygens (including phenoxy) is 1. The molecule has 0 fully saturated rings. The number of nitrogens with two attached hydrogens (primary N) is 1. The molecular formula is C16H16Cl2N2O2. The Hall–Kier alpha value is -1.91. The van der Waals surface area contributed by atoms with Gasteiger partial charge in [0.05, 0.1) is 5.02 Å². The second kappa shape index (κ2) is 6.90. The summed E-state index contributed by atoms with van der Waals surface area (Å²) in [5, 5.41) is 3.65. The summed E-state index contributed by atoms with van der Waals surface area (Å²) >= 11 is 11.9. The lowest BCUT2D eigenvalue weighted by Crippen LogP contribution is -2.30. The van der Waals surface area contributed by atoms with E-state index in [-0.39, 0.29) is 5.91 Å². The van der Waals surface area contributed by atoms with Crippen LogP contribution in [-0.2, 0) is 4.79 Å². The smallest absolute Gasteiger partial charge is 0.265 e. The summed E-state index contributed by atoms with van der Waals surface area (Å²) in [5.74, 6) is 0.109. The number of hydrogen-bond acceptors (Lipinski definition) is 3. The highest BCUT2D eigenvalue weighted by Gasteiger charge is 2.17. The number of nitrogen functional groups attached to an aromatic ring is 1. The number of anilines is 2. The molecule has 0 heterocycles. The first-order chi connectivity index (χ1) is 10.4. The van der Waals surface area contributed by atoms with Gasteiger partial charge in [0.2, 0.25) is 0 Å². The van der Waals surface area contributed by atoms with Crippen LogP contribution in [0.3, 0.4) is 0 Å². The van der Waals surface area contributed by atoms with Crippen molar-refractivity contribution in [1.29, 1.82) is 0 Å². The fourth-order valence-corrected chi connectivity index (χ4v) is 2.29. The lowest BCUT2D eigenvalue weighted by atomic mass is 10.1. The minimum absolute atomic E-state index is 0.292. The van der Waals surface area contributed by atoms with Gasteiger partial charge in [-0.25, -0.2) is 0 Å². The Balaban J connectivity index is 2.07. The third-order valence-corrected chi connectivity index (χ3v) is 3.73. The fourth-order valence-electron chi connectivity index (χ4n) is 1.84. The molecule has 1 amide bonds. The highest BCUT2D eigenvalue weighted by molar-refractivity contribution is 6.35. The molecule has 0 spiro atoms. The Labute approximate surface area is 139 Å². The van der Waals surface area contributed by atoms with Crippen molar-refractivity contribution in [3.8, 4) is 5.75 Å². The second-order valence-electron chi connectivity index (χ2n) is 4.84. The molecule has 1 atom stereocenters. The van der Waals surface area contributed by atoms with Crippen LogP contribution in [-0.4, -0.2) is 12.0 Å². The number of carbonyl (C=O) groups excluding carboxylic acids is 1. The van der Waals surface area contributed by atoms with E-state index in [2.05, 4.69) is 5.32 Å². The SMILES string of the molecule is Cc1c(N)cccc1NC(=O)[C@H](C)Oc1ccc(Cl)cc1Cl. The van der Waals surface area contributed by atoms with E-state index in [9.17, 15) is 4.79 Å². The van der Waals surface area contributed by atoms with Crippen molar-refractivity contribution in [2.45, 2.75) is 20.0 Å². The van der Waals surface area contributed by atoms with Crippen molar-refractivity contribution < 1.29 is 9.53 Å². The first kappa shape index (κ1) is 16.5. The van der Waals surface area contributed by atoms with Crippen molar-refractivity contribution in [3.05, 3.63) is 52.0 Å². The molecule has 0 aliphatic rings. The highest BCUT2D eigenvalue weighted by atomic mass is 35.5. The molecule has 22 heavy (non-hydrogen) atoms. The van der Waals surface area contributed by atoms with Gasteiger partial charge >= 0.3 is 0 Å². The van der Waals surface area contributed by atoms with Gasteiger partial charge in [-0.3, -0.25) is 4.79 Å². The number of rotatable bonds is 4. The molecule has 0 radical (unpaired) electrons. The summed E-state index contributed by atoms with van der Waals surface area (Å²) in [6.45, 7) is 3.48. The molecule has 4 nitrogen and oxygen atoms in total. The number of halogens is 2. The molecule has 6 heteroatoms. The number of hydrogen-bond donors (Lipinski definition) is 2. The van der Waals surface area contributed by atoms with Crippen LogP contribution < -0.4 is 15.8 Å². The molecule has 2 aromatic rings. The maximum absolute atomic E-state index is 12.2. The van der Waals surface area contributed by atoms with E-state index < -0.39 is 6.10 Å². The van der Waals surface area contributed by atoms with Gasteiger partial charge in [-0.2, -0.15) is 0 Å². The quantitative estimate of drug-likeness (QED) is 0.817. The lowest BCUT2D eigenvalue weighted by Gasteiger charge is -2.17. The number of carbonyl (C=O) groups is 1. The fraction of sp³-hybridized carbons (Fsp3) is 0.188. The molecule has 0 saturated heterocycles. The zero-order chi connectivity index (χ0) is 16.3. The summed E-state index contributed by atoms with van der Waals surface area (Å²) in [5.41, 5.74) is 7.90. The van der Waals surface area contributed by atoms with Crippen LogP contribution in [0.2, 0.25) is 10.0 Å². The van der Waals surface area contributed by atoms with Crippen LogP contribution in [0.25, 0.3) is 0 Å². The van der Waals surface area contributed by atoms with Gasteiger partial charge in [-0.1, -0.05) is 29.3 Å². The molecule has 3 N–H and O–H groups in total. The molecule has 116 valence electrons. The maximum atomic E-state index is 12.2. The minimum Gasteiger partial charge on any atom is -0.479 e. The zero-order valence-electron chi connectivity index (χ0n) is 12.2. The van der Waals surface area contributed by atoms with E-state index in [0.717, 1.165) is 5.56 Å². The number of nitrogens with one attached hydrogen (secondary N) is 1. The molecular weight excluding hydrogens is 323 g/mol. The Morgan fingerprint density at radius 3 is 2.68 bits per heavy atom. The van der Waals surface area contributed by atoms with Gasteiger partial charge in [0, 0.05) is 16.4 Å². The van der Waals surface area contributed by atoms with Crippen LogP contribution >= 0.6 is 23.2 Å². The van der Waals surface area contributed by atoms with Crippen molar-refractivity contribution >= 4 is 40.5 Å². The van der Waals surface area contributed by atoms with Gasteiger partial charge in [0.15, 0.2) is 6.10 Å². The molecule has 0 aliphatic heterocycles. The number of benzene rings is 2. The average Bonchev–Trinajstić information content (AvgIpc) is 2.46. The molecule has 0 aliphatic carbocycles. The second-order valence-corrected chi connectivity index (χ2v) is 5.69. The summed E-state index contributed by atoms with van der Waals surface area (Å²) in [6, 6.07) is 10.2. The van der Waals surface area contributed by atoms with E-state index in [4.69, 9.17) is 33.7 Å². The molecule has 0 unspecified atom stereocenters. The standard InChI is InChI=1S/C16H16Cl2N2O2/c1-9-13(19)4-3-5-14(9)20-16(21)10(2)22-15-7-6-11(17)8-12(15)18/h3-8,10H,19H2,1-2H3,(H,20,21)/t10-/m0/s1. The van der Waals surface area contributed by atoms with E-state index in [0.29, 0.717) is 27.2 Å². The van der Waals surface area contributed by atoms with E-state index in [1.807, 2.05) is 6.92 Å². The monoisotopic (exact) mass is 338 g/mol. The highest BCUT2D eigenvalue weighted by Crippen LogP contribution is 2.28.